The summed E-state index contributed by atoms with van der Waals surface area (Å²) in [5.74, 6) is 2.28. The molecule has 2 heterocycles. The van der Waals surface area contributed by atoms with E-state index in [1.807, 2.05) is 11.8 Å². The molecule has 0 bridgehead atoms. The first-order valence-corrected chi connectivity index (χ1v) is 8.21. The molecule has 0 spiro atoms. The smallest absolute Gasteiger partial charge is 0.315 e. The molecular formula is C13H24N2O2S. The third kappa shape index (κ3) is 4.05. The van der Waals surface area contributed by atoms with Gasteiger partial charge in [0, 0.05) is 18.4 Å². The summed E-state index contributed by atoms with van der Waals surface area (Å²) >= 11 is 1.93. The Bertz CT molecular complexity index is 264. The van der Waals surface area contributed by atoms with Crippen LogP contribution >= 0.6 is 11.8 Å². The van der Waals surface area contributed by atoms with E-state index in [1.165, 1.54) is 12.2 Å². The molecule has 0 aliphatic carbocycles. The van der Waals surface area contributed by atoms with Gasteiger partial charge in [0.25, 0.3) is 0 Å². The number of ether oxygens (including phenoxy) is 1. The number of carbonyl (C=O) groups is 1. The molecule has 0 saturated carbocycles. The van der Waals surface area contributed by atoms with Crippen LogP contribution < -0.4 is 10.6 Å². The fourth-order valence-corrected chi connectivity index (χ4v) is 3.70. The maximum absolute atomic E-state index is 12.0. The van der Waals surface area contributed by atoms with Crippen molar-refractivity contribution in [3.63, 3.8) is 0 Å². The highest BCUT2D eigenvalue weighted by Gasteiger charge is 2.26. The lowest BCUT2D eigenvalue weighted by molar-refractivity contribution is 0.0795. The first-order valence-electron chi connectivity index (χ1n) is 7.06. The summed E-state index contributed by atoms with van der Waals surface area (Å²) in [7, 11) is 0. The Morgan fingerprint density at radius 3 is 2.94 bits per heavy atom. The number of nitrogens with one attached hydrogen (secondary N) is 2. The van der Waals surface area contributed by atoms with Crippen molar-refractivity contribution < 1.29 is 9.53 Å². The molecule has 2 fully saturated rings. The minimum atomic E-state index is -0.0233. The predicted octanol–water partition coefficient (Wildman–Crippen LogP) is 2.14. The van der Waals surface area contributed by atoms with E-state index in [9.17, 15) is 4.79 Å². The van der Waals surface area contributed by atoms with E-state index in [2.05, 4.69) is 17.6 Å². The molecule has 0 aromatic carbocycles. The SMILES string of the molecule is CC[C@@H](NC(=O)N[C@H]1CCCSC1)[C@@H]1CCCO1. The Kier molecular flexibility index (Phi) is 5.63. The monoisotopic (exact) mass is 272 g/mol. The van der Waals surface area contributed by atoms with Crippen LogP contribution in [0.3, 0.4) is 0 Å². The molecule has 2 aliphatic rings. The van der Waals surface area contributed by atoms with E-state index in [0.29, 0.717) is 6.04 Å². The number of thioether (sulfide) groups is 1. The Morgan fingerprint density at radius 1 is 1.44 bits per heavy atom. The topological polar surface area (TPSA) is 50.4 Å². The molecule has 0 aromatic rings. The van der Waals surface area contributed by atoms with Crippen molar-refractivity contribution in [2.45, 2.75) is 57.2 Å². The lowest BCUT2D eigenvalue weighted by Crippen LogP contribution is -2.50. The van der Waals surface area contributed by atoms with Gasteiger partial charge < -0.3 is 15.4 Å². The van der Waals surface area contributed by atoms with E-state index in [-0.39, 0.29) is 18.2 Å². The van der Waals surface area contributed by atoms with E-state index >= 15 is 0 Å². The number of rotatable bonds is 4. The molecule has 0 radical (unpaired) electrons. The minimum Gasteiger partial charge on any atom is -0.376 e. The first-order chi connectivity index (χ1) is 8.79. The fraction of sp³-hybridized carbons (Fsp3) is 0.923. The van der Waals surface area contributed by atoms with Crippen LogP contribution in [0.2, 0.25) is 0 Å². The van der Waals surface area contributed by atoms with Crippen LogP contribution in [0.1, 0.15) is 39.0 Å². The summed E-state index contributed by atoms with van der Waals surface area (Å²) in [5.41, 5.74) is 0. The van der Waals surface area contributed by atoms with Gasteiger partial charge in [0.15, 0.2) is 0 Å². The van der Waals surface area contributed by atoms with Crippen molar-refractivity contribution in [1.82, 2.24) is 10.6 Å². The van der Waals surface area contributed by atoms with Crippen molar-refractivity contribution in [1.29, 1.82) is 0 Å². The number of urea groups is 1. The summed E-state index contributed by atoms with van der Waals surface area (Å²) in [6.45, 7) is 2.94. The van der Waals surface area contributed by atoms with Gasteiger partial charge in [-0.1, -0.05) is 6.92 Å². The molecule has 3 atom stereocenters. The normalized spacial score (nSPS) is 29.8. The van der Waals surface area contributed by atoms with Gasteiger partial charge in [-0.25, -0.2) is 4.79 Å². The zero-order valence-corrected chi connectivity index (χ0v) is 11.9. The fourth-order valence-electron chi connectivity index (χ4n) is 2.63. The first kappa shape index (κ1) is 14.0. The molecule has 2 N–H and O–H groups in total. The van der Waals surface area contributed by atoms with Crippen LogP contribution in [0.25, 0.3) is 0 Å². The highest BCUT2D eigenvalue weighted by atomic mass is 32.2. The second-order valence-electron chi connectivity index (χ2n) is 5.10. The van der Waals surface area contributed by atoms with Crippen LogP contribution in [0.15, 0.2) is 0 Å². The molecule has 2 saturated heterocycles. The molecule has 104 valence electrons. The molecule has 4 nitrogen and oxygen atoms in total. The van der Waals surface area contributed by atoms with Gasteiger partial charge in [-0.2, -0.15) is 11.8 Å². The summed E-state index contributed by atoms with van der Waals surface area (Å²) in [6, 6.07) is 0.472. The summed E-state index contributed by atoms with van der Waals surface area (Å²) in [6.07, 6.45) is 5.64. The van der Waals surface area contributed by atoms with Crippen molar-refractivity contribution in [2.24, 2.45) is 0 Å². The minimum absolute atomic E-state index is 0.0233. The van der Waals surface area contributed by atoms with Gasteiger partial charge in [0.2, 0.25) is 0 Å². The van der Waals surface area contributed by atoms with E-state index in [1.54, 1.807) is 0 Å². The molecule has 18 heavy (non-hydrogen) atoms. The van der Waals surface area contributed by atoms with Gasteiger partial charge in [0.05, 0.1) is 12.1 Å². The molecule has 0 aromatic heterocycles. The third-order valence-electron chi connectivity index (χ3n) is 3.67. The van der Waals surface area contributed by atoms with E-state index in [4.69, 9.17) is 4.74 Å². The molecule has 5 heteroatoms. The third-order valence-corrected chi connectivity index (χ3v) is 4.88. The highest BCUT2D eigenvalue weighted by molar-refractivity contribution is 7.99. The van der Waals surface area contributed by atoms with Crippen LogP contribution in [0, 0.1) is 0 Å². The van der Waals surface area contributed by atoms with Crippen LogP contribution in [-0.4, -0.2) is 42.3 Å². The van der Waals surface area contributed by atoms with Gasteiger partial charge in [-0.15, -0.1) is 0 Å². The maximum Gasteiger partial charge on any atom is 0.315 e. The second-order valence-corrected chi connectivity index (χ2v) is 6.25. The Hall–Kier alpha value is -0.420. The van der Waals surface area contributed by atoms with Gasteiger partial charge in [-0.3, -0.25) is 0 Å². The quantitative estimate of drug-likeness (QED) is 0.824. The average Bonchev–Trinajstić information content (AvgIpc) is 2.91. The molecular weight excluding hydrogens is 248 g/mol. The molecule has 0 unspecified atom stereocenters. The number of hydrogen-bond donors (Lipinski definition) is 2. The van der Waals surface area contributed by atoms with Crippen LogP contribution in [0.5, 0.6) is 0 Å². The van der Waals surface area contributed by atoms with E-state index < -0.39 is 0 Å². The van der Waals surface area contributed by atoms with Crippen molar-refractivity contribution in [3.05, 3.63) is 0 Å². The standard InChI is InChI=1S/C13H24N2O2S/c1-2-11(12-6-3-7-17-12)15-13(16)14-10-5-4-8-18-9-10/h10-12H,2-9H2,1H3,(H2,14,15,16)/t10-,11+,12-/m0/s1. The number of hydrogen-bond acceptors (Lipinski definition) is 3. The highest BCUT2D eigenvalue weighted by Crippen LogP contribution is 2.18. The van der Waals surface area contributed by atoms with Crippen molar-refractivity contribution >= 4 is 17.8 Å². The Morgan fingerprint density at radius 2 is 2.33 bits per heavy atom. The van der Waals surface area contributed by atoms with Crippen LogP contribution in [0.4, 0.5) is 4.79 Å². The van der Waals surface area contributed by atoms with E-state index in [0.717, 1.165) is 38.0 Å². The average molecular weight is 272 g/mol. The summed E-state index contributed by atoms with van der Waals surface area (Å²) in [5, 5.41) is 6.15. The zero-order valence-electron chi connectivity index (χ0n) is 11.1. The maximum atomic E-state index is 12.0. The summed E-state index contributed by atoms with van der Waals surface area (Å²) < 4.78 is 5.65. The van der Waals surface area contributed by atoms with Gasteiger partial charge in [0.1, 0.15) is 0 Å². The Balaban J connectivity index is 1.73. The van der Waals surface area contributed by atoms with Gasteiger partial charge in [-0.05, 0) is 37.9 Å². The number of carbonyl (C=O) groups excluding carboxylic acids is 1. The lowest BCUT2D eigenvalue weighted by atomic mass is 10.1. The summed E-state index contributed by atoms with van der Waals surface area (Å²) in [4.78, 5) is 12.0. The largest absolute Gasteiger partial charge is 0.376 e. The van der Waals surface area contributed by atoms with Crippen molar-refractivity contribution in [2.75, 3.05) is 18.1 Å². The van der Waals surface area contributed by atoms with Gasteiger partial charge >= 0.3 is 6.03 Å². The number of amides is 2. The van der Waals surface area contributed by atoms with Crippen molar-refractivity contribution in [3.8, 4) is 0 Å². The molecule has 2 aliphatic heterocycles. The predicted molar refractivity (Wildman–Crippen MR) is 75.1 cm³/mol. The molecule has 2 rings (SSSR count). The Labute approximate surface area is 114 Å². The molecule has 2 amide bonds. The lowest BCUT2D eigenvalue weighted by Gasteiger charge is -2.26. The second kappa shape index (κ2) is 7.24. The van der Waals surface area contributed by atoms with Crippen LogP contribution in [-0.2, 0) is 4.74 Å². The zero-order chi connectivity index (χ0) is 12.8.